The van der Waals surface area contributed by atoms with Crippen LogP contribution in [0.25, 0.3) is 22.2 Å². The molecule has 1 saturated heterocycles. The third-order valence-corrected chi connectivity index (χ3v) is 9.48. The number of fused-ring (bicyclic) bond motifs is 4. The molecule has 236 valence electrons. The van der Waals surface area contributed by atoms with Crippen molar-refractivity contribution >= 4 is 23.2 Å². The molecule has 46 heavy (non-hydrogen) atoms. The predicted octanol–water partition coefficient (Wildman–Crippen LogP) is 7.89. The lowest BCUT2D eigenvalue weighted by molar-refractivity contribution is 0.0317. The first-order valence-corrected chi connectivity index (χ1v) is 16.2. The maximum atomic E-state index is 13.4. The molecule has 7 nitrogen and oxygen atoms in total. The molecule has 7 rings (SSSR count). The summed E-state index contributed by atoms with van der Waals surface area (Å²) < 4.78 is 25.9. The van der Waals surface area contributed by atoms with Crippen LogP contribution < -0.4 is 10.2 Å². The Morgan fingerprint density at radius 3 is 2.20 bits per heavy atom. The topological polar surface area (TPSA) is 70.8 Å². The van der Waals surface area contributed by atoms with Crippen molar-refractivity contribution < 1.29 is 18.3 Å². The van der Waals surface area contributed by atoms with E-state index in [2.05, 4.69) is 53.2 Å². The smallest absolute Gasteiger partial charge is 0.408 e. The van der Waals surface area contributed by atoms with Crippen molar-refractivity contribution in [2.75, 3.05) is 24.5 Å². The van der Waals surface area contributed by atoms with Gasteiger partial charge in [0.1, 0.15) is 11.3 Å². The zero-order valence-corrected chi connectivity index (χ0v) is 26.3. The molecule has 0 spiro atoms. The van der Waals surface area contributed by atoms with Crippen molar-refractivity contribution in [3.8, 4) is 11.1 Å². The number of nitrogens with one attached hydrogen (secondary N) is 1. The first-order valence-electron chi connectivity index (χ1n) is 16.2. The molecule has 1 aliphatic carbocycles. The summed E-state index contributed by atoms with van der Waals surface area (Å²) in [5.74, 6) is -0.307. The summed E-state index contributed by atoms with van der Waals surface area (Å²) in [7, 11) is 0. The maximum absolute atomic E-state index is 13.4. The lowest BCUT2D eigenvalue weighted by Crippen LogP contribution is -2.57. The zero-order valence-electron chi connectivity index (χ0n) is 26.3. The number of hydrogen-bond donors (Lipinski definition) is 1. The van der Waals surface area contributed by atoms with Crippen LogP contribution in [-0.4, -0.2) is 47.7 Å². The molecule has 1 fully saturated rings. The number of rotatable bonds is 9. The summed E-state index contributed by atoms with van der Waals surface area (Å²) in [4.78, 5) is 23.0. The SMILES string of the molecule is C[C@@H]1CN(c2nc3ccccc3o2)C[C@H](C)N1CCCCC1(OC(=O)NCc2ccc(F)cc2)c2ccccc2-c2ccccc21. The van der Waals surface area contributed by atoms with E-state index in [1.165, 1.54) is 12.1 Å². The third kappa shape index (κ3) is 5.73. The number of para-hydroxylation sites is 2. The van der Waals surface area contributed by atoms with E-state index in [0.717, 1.165) is 71.4 Å². The van der Waals surface area contributed by atoms with Crippen LogP contribution in [0.5, 0.6) is 0 Å². The number of alkyl carbamates (subject to hydrolysis) is 1. The number of hydrogen-bond acceptors (Lipinski definition) is 6. The second-order valence-electron chi connectivity index (χ2n) is 12.5. The standard InChI is InChI=1S/C38H39FN4O3/c1-26-24-42(36-41-34-15-7-8-16-35(34)45-36)25-27(2)43(26)22-10-9-21-38(46-37(44)40-23-28-17-19-29(39)20-18-28)32-13-5-3-11-30(32)31-12-4-6-14-33(31)38/h3-8,11-20,26-27H,9-10,21-25H2,1-2H3,(H,40,44)/t26-,27+. The fraction of sp³-hybridized carbons (Fsp3) is 0.316. The lowest BCUT2D eigenvalue weighted by Gasteiger charge is -2.44. The Labute approximate surface area is 269 Å². The molecule has 0 saturated carbocycles. The van der Waals surface area contributed by atoms with Crippen LogP contribution >= 0.6 is 0 Å². The minimum absolute atomic E-state index is 0.254. The molecule has 1 N–H and O–H groups in total. The Bertz CT molecular complexity index is 1750. The predicted molar refractivity (Wildman–Crippen MR) is 178 cm³/mol. The molecule has 4 aromatic carbocycles. The molecule has 1 aromatic heterocycles. The number of aromatic nitrogens is 1. The summed E-state index contributed by atoms with van der Waals surface area (Å²) in [5.41, 5.74) is 5.83. The van der Waals surface area contributed by atoms with E-state index in [4.69, 9.17) is 14.1 Å². The molecular weight excluding hydrogens is 579 g/mol. The Kier molecular flexibility index (Phi) is 8.21. The Morgan fingerprint density at radius 2 is 1.52 bits per heavy atom. The molecule has 0 bridgehead atoms. The molecule has 0 radical (unpaired) electrons. The minimum atomic E-state index is -0.900. The van der Waals surface area contributed by atoms with E-state index >= 15 is 0 Å². The molecule has 8 heteroatoms. The Hall–Kier alpha value is -4.69. The average Bonchev–Trinajstić information content (AvgIpc) is 3.62. The number of anilines is 1. The van der Waals surface area contributed by atoms with Gasteiger partial charge in [-0.3, -0.25) is 4.90 Å². The number of carbonyl (C=O) groups is 1. The summed E-state index contributed by atoms with van der Waals surface area (Å²) >= 11 is 0. The number of unbranched alkanes of at least 4 members (excludes halogenated alkanes) is 1. The summed E-state index contributed by atoms with van der Waals surface area (Å²) in [5, 5.41) is 2.90. The largest absolute Gasteiger partial charge is 0.433 e. The summed E-state index contributed by atoms with van der Waals surface area (Å²) in [6.45, 7) is 7.43. The van der Waals surface area contributed by atoms with Crippen molar-refractivity contribution in [1.82, 2.24) is 15.2 Å². The fourth-order valence-electron chi connectivity index (χ4n) is 7.30. The highest BCUT2D eigenvalue weighted by Gasteiger charge is 2.46. The van der Waals surface area contributed by atoms with Gasteiger partial charge in [0, 0.05) is 42.8 Å². The normalized spacial score (nSPS) is 18.7. The quantitative estimate of drug-likeness (QED) is 0.170. The van der Waals surface area contributed by atoms with Gasteiger partial charge < -0.3 is 19.4 Å². The van der Waals surface area contributed by atoms with Crippen LogP contribution in [0.4, 0.5) is 15.2 Å². The van der Waals surface area contributed by atoms with Gasteiger partial charge in [0.05, 0.1) is 0 Å². The number of piperazine rings is 1. The van der Waals surface area contributed by atoms with Gasteiger partial charge in [-0.1, -0.05) is 72.8 Å². The van der Waals surface area contributed by atoms with Crippen LogP contribution in [0.1, 0.15) is 49.8 Å². The van der Waals surface area contributed by atoms with Gasteiger partial charge >= 0.3 is 6.09 Å². The monoisotopic (exact) mass is 618 g/mol. The van der Waals surface area contributed by atoms with E-state index in [1.807, 2.05) is 48.5 Å². The molecule has 2 atom stereocenters. The first-order chi connectivity index (χ1) is 22.4. The van der Waals surface area contributed by atoms with Crippen molar-refractivity contribution in [2.45, 2.75) is 57.3 Å². The summed E-state index contributed by atoms with van der Waals surface area (Å²) in [6, 6.07) is 31.8. The second kappa shape index (κ2) is 12.6. The van der Waals surface area contributed by atoms with E-state index in [-0.39, 0.29) is 12.4 Å². The van der Waals surface area contributed by atoms with E-state index in [1.54, 1.807) is 12.1 Å². The van der Waals surface area contributed by atoms with Crippen molar-refractivity contribution in [3.05, 3.63) is 120 Å². The molecular formula is C38H39FN4O3. The van der Waals surface area contributed by atoms with Crippen molar-refractivity contribution in [2.24, 2.45) is 0 Å². The van der Waals surface area contributed by atoms with Crippen LogP contribution in [0.2, 0.25) is 0 Å². The van der Waals surface area contributed by atoms with Gasteiger partial charge in [0.2, 0.25) is 0 Å². The van der Waals surface area contributed by atoms with Gasteiger partial charge in [0.15, 0.2) is 11.2 Å². The van der Waals surface area contributed by atoms with E-state index < -0.39 is 11.7 Å². The molecule has 2 aliphatic rings. The van der Waals surface area contributed by atoms with Crippen molar-refractivity contribution in [3.63, 3.8) is 0 Å². The Balaban J connectivity index is 1.04. The van der Waals surface area contributed by atoms with Gasteiger partial charge in [-0.15, -0.1) is 0 Å². The molecule has 1 amide bonds. The third-order valence-electron chi connectivity index (χ3n) is 9.48. The number of benzene rings is 4. The van der Waals surface area contributed by atoms with Gasteiger partial charge in [-0.25, -0.2) is 9.18 Å². The molecule has 1 aliphatic heterocycles. The van der Waals surface area contributed by atoms with Crippen molar-refractivity contribution in [1.29, 1.82) is 0 Å². The van der Waals surface area contributed by atoms with E-state index in [9.17, 15) is 9.18 Å². The maximum Gasteiger partial charge on any atom is 0.408 e. The Morgan fingerprint density at radius 1 is 0.891 bits per heavy atom. The van der Waals surface area contributed by atoms with Gasteiger partial charge in [-0.2, -0.15) is 4.98 Å². The lowest BCUT2D eigenvalue weighted by atomic mass is 9.86. The van der Waals surface area contributed by atoms with Gasteiger partial charge in [0.25, 0.3) is 6.01 Å². The first kappa shape index (κ1) is 30.0. The van der Waals surface area contributed by atoms with Crippen LogP contribution in [0.15, 0.2) is 101 Å². The molecule has 0 unspecified atom stereocenters. The number of amides is 1. The zero-order chi connectivity index (χ0) is 31.7. The summed E-state index contributed by atoms with van der Waals surface area (Å²) in [6.07, 6.45) is 2.01. The minimum Gasteiger partial charge on any atom is -0.433 e. The number of ether oxygens (including phenoxy) is 1. The second-order valence-corrected chi connectivity index (χ2v) is 12.5. The average molecular weight is 619 g/mol. The number of halogens is 1. The van der Waals surface area contributed by atoms with Crippen LogP contribution in [-0.2, 0) is 16.9 Å². The number of nitrogens with zero attached hydrogens (tertiary/aromatic N) is 3. The highest BCUT2D eigenvalue weighted by atomic mass is 19.1. The highest BCUT2D eigenvalue weighted by molar-refractivity contribution is 5.82. The van der Waals surface area contributed by atoms with Crippen LogP contribution in [0.3, 0.4) is 0 Å². The molecule has 5 aromatic rings. The van der Waals surface area contributed by atoms with Gasteiger partial charge in [-0.05, 0) is 80.6 Å². The highest BCUT2D eigenvalue weighted by Crippen LogP contribution is 2.52. The fourth-order valence-corrected chi connectivity index (χ4v) is 7.30. The molecule has 2 heterocycles. The van der Waals surface area contributed by atoms with E-state index in [0.29, 0.717) is 24.5 Å². The number of oxazole rings is 1. The number of carbonyl (C=O) groups excluding carboxylic acids is 1. The van der Waals surface area contributed by atoms with Crippen LogP contribution in [0, 0.1) is 5.82 Å².